The van der Waals surface area contributed by atoms with Gasteiger partial charge < -0.3 is 14.7 Å². The normalized spacial score (nSPS) is 28.4. The van der Waals surface area contributed by atoms with Gasteiger partial charge in [-0.05, 0) is 30.5 Å². The average Bonchev–Trinajstić information content (AvgIpc) is 2.68. The molecule has 2 atom stereocenters. The van der Waals surface area contributed by atoms with E-state index < -0.39 is 0 Å². The molecule has 2 saturated heterocycles. The molecule has 2 bridgehead atoms. The molecule has 4 heteroatoms. The number of rotatable bonds is 2. The predicted molar refractivity (Wildman–Crippen MR) is 60.3 cm³/mol. The maximum atomic E-state index is 9.11. The maximum absolute atomic E-state index is 9.11. The lowest BCUT2D eigenvalue weighted by Crippen LogP contribution is -2.43. The summed E-state index contributed by atoms with van der Waals surface area (Å²) >= 11 is 0. The number of aromatic nitrogens is 1. The molecule has 0 radical (unpaired) electrons. The Morgan fingerprint density at radius 2 is 2.12 bits per heavy atom. The standard InChI is InChI=1S/C12H16N2O2/c15-8-9-3-4-13-12(5-9)14-6-10-1-2-11(7-14)16-10/h3-5,10-11,15H,1-2,6-8H2. The van der Waals surface area contributed by atoms with Crippen molar-refractivity contribution >= 4 is 5.82 Å². The zero-order valence-corrected chi connectivity index (χ0v) is 9.17. The molecule has 0 saturated carbocycles. The van der Waals surface area contributed by atoms with Crippen molar-refractivity contribution in [1.82, 2.24) is 4.98 Å². The Hall–Kier alpha value is -1.13. The average molecular weight is 220 g/mol. The largest absolute Gasteiger partial charge is 0.392 e. The van der Waals surface area contributed by atoms with Crippen LogP contribution in [0.4, 0.5) is 5.82 Å². The molecule has 16 heavy (non-hydrogen) atoms. The Labute approximate surface area is 94.9 Å². The van der Waals surface area contributed by atoms with Crippen molar-refractivity contribution in [3.63, 3.8) is 0 Å². The summed E-state index contributed by atoms with van der Waals surface area (Å²) in [6.07, 6.45) is 4.84. The van der Waals surface area contributed by atoms with Crippen LogP contribution in [0.1, 0.15) is 18.4 Å². The summed E-state index contributed by atoms with van der Waals surface area (Å²) < 4.78 is 5.79. The first-order valence-corrected chi connectivity index (χ1v) is 5.81. The van der Waals surface area contributed by atoms with Crippen LogP contribution in [0.25, 0.3) is 0 Å². The number of hydrogen-bond acceptors (Lipinski definition) is 4. The van der Waals surface area contributed by atoms with Gasteiger partial charge >= 0.3 is 0 Å². The van der Waals surface area contributed by atoms with Crippen LogP contribution < -0.4 is 4.90 Å². The van der Waals surface area contributed by atoms with Crippen molar-refractivity contribution in [3.05, 3.63) is 23.9 Å². The summed E-state index contributed by atoms with van der Waals surface area (Å²) in [7, 11) is 0. The fraction of sp³-hybridized carbons (Fsp3) is 0.583. The number of ether oxygens (including phenoxy) is 1. The Morgan fingerprint density at radius 1 is 1.38 bits per heavy atom. The summed E-state index contributed by atoms with van der Waals surface area (Å²) in [5, 5.41) is 9.11. The maximum Gasteiger partial charge on any atom is 0.129 e. The Kier molecular flexibility index (Phi) is 2.53. The third-order valence-electron chi connectivity index (χ3n) is 3.36. The van der Waals surface area contributed by atoms with Crippen LogP contribution in [0, 0.1) is 0 Å². The van der Waals surface area contributed by atoms with Gasteiger partial charge in [0.2, 0.25) is 0 Å². The Morgan fingerprint density at radius 3 is 2.81 bits per heavy atom. The molecular weight excluding hydrogens is 204 g/mol. The summed E-state index contributed by atoms with van der Waals surface area (Å²) in [6, 6.07) is 3.81. The number of morpholine rings is 1. The molecule has 3 rings (SSSR count). The van der Waals surface area contributed by atoms with Crippen molar-refractivity contribution in [1.29, 1.82) is 0 Å². The van der Waals surface area contributed by atoms with Crippen LogP contribution in [0.2, 0.25) is 0 Å². The first kappa shape index (κ1) is 10.1. The van der Waals surface area contributed by atoms with Crippen LogP contribution in [0.5, 0.6) is 0 Å². The van der Waals surface area contributed by atoms with E-state index >= 15 is 0 Å². The van der Waals surface area contributed by atoms with Crippen LogP contribution >= 0.6 is 0 Å². The molecule has 2 unspecified atom stereocenters. The number of nitrogens with zero attached hydrogens (tertiary/aromatic N) is 2. The Balaban J connectivity index is 1.81. The predicted octanol–water partition coefficient (Wildman–Crippen LogP) is 0.942. The summed E-state index contributed by atoms with van der Waals surface area (Å²) in [5.41, 5.74) is 0.920. The zero-order valence-electron chi connectivity index (χ0n) is 9.17. The van der Waals surface area contributed by atoms with E-state index in [1.54, 1.807) is 6.20 Å². The highest BCUT2D eigenvalue weighted by Gasteiger charge is 2.34. The molecule has 1 aromatic heterocycles. The molecule has 2 aliphatic heterocycles. The second-order valence-electron chi connectivity index (χ2n) is 4.54. The second-order valence-corrected chi connectivity index (χ2v) is 4.54. The summed E-state index contributed by atoms with van der Waals surface area (Å²) in [5.74, 6) is 0.965. The highest BCUT2D eigenvalue weighted by molar-refractivity contribution is 5.42. The minimum atomic E-state index is 0.0761. The van der Waals surface area contributed by atoms with E-state index in [1.807, 2.05) is 12.1 Å². The molecular formula is C12H16N2O2. The van der Waals surface area contributed by atoms with E-state index in [1.165, 1.54) is 12.8 Å². The molecule has 4 nitrogen and oxygen atoms in total. The summed E-state index contributed by atoms with van der Waals surface area (Å²) in [6.45, 7) is 1.93. The van der Waals surface area contributed by atoms with E-state index in [4.69, 9.17) is 9.84 Å². The van der Waals surface area contributed by atoms with Gasteiger partial charge in [0.1, 0.15) is 5.82 Å². The van der Waals surface area contributed by atoms with Crippen molar-refractivity contribution in [2.24, 2.45) is 0 Å². The van der Waals surface area contributed by atoms with Gasteiger partial charge in [-0.1, -0.05) is 0 Å². The van der Waals surface area contributed by atoms with Gasteiger partial charge in [-0.2, -0.15) is 0 Å². The van der Waals surface area contributed by atoms with Crippen molar-refractivity contribution in [2.45, 2.75) is 31.7 Å². The SMILES string of the molecule is OCc1ccnc(N2CC3CCC(C2)O3)c1. The first-order valence-electron chi connectivity index (χ1n) is 5.81. The molecule has 0 aliphatic carbocycles. The fourth-order valence-corrected chi connectivity index (χ4v) is 2.53. The molecule has 0 aromatic carbocycles. The molecule has 2 aliphatic rings. The van der Waals surface area contributed by atoms with Crippen LogP contribution in [0.3, 0.4) is 0 Å². The summed E-state index contributed by atoms with van der Waals surface area (Å²) in [4.78, 5) is 6.64. The van der Waals surface area contributed by atoms with E-state index in [0.717, 1.165) is 24.5 Å². The zero-order chi connectivity index (χ0) is 11.0. The lowest BCUT2D eigenvalue weighted by Gasteiger charge is -2.33. The number of pyridine rings is 1. The van der Waals surface area contributed by atoms with E-state index in [2.05, 4.69) is 9.88 Å². The monoisotopic (exact) mass is 220 g/mol. The smallest absolute Gasteiger partial charge is 0.129 e. The molecule has 2 fully saturated rings. The van der Waals surface area contributed by atoms with Crippen molar-refractivity contribution in [2.75, 3.05) is 18.0 Å². The molecule has 3 heterocycles. The molecule has 86 valence electrons. The van der Waals surface area contributed by atoms with Crippen molar-refractivity contribution in [3.8, 4) is 0 Å². The second kappa shape index (κ2) is 4.03. The third kappa shape index (κ3) is 1.79. The third-order valence-corrected chi connectivity index (χ3v) is 3.36. The molecule has 0 amide bonds. The number of aliphatic hydroxyl groups is 1. The fourth-order valence-electron chi connectivity index (χ4n) is 2.53. The quantitative estimate of drug-likeness (QED) is 0.805. The van der Waals surface area contributed by atoms with Crippen LogP contribution in [-0.4, -0.2) is 35.4 Å². The molecule has 1 aromatic rings. The van der Waals surface area contributed by atoms with E-state index in [9.17, 15) is 0 Å². The number of anilines is 1. The number of fused-ring (bicyclic) bond motifs is 2. The van der Waals surface area contributed by atoms with Gasteiger partial charge in [0.25, 0.3) is 0 Å². The van der Waals surface area contributed by atoms with Gasteiger partial charge in [-0.15, -0.1) is 0 Å². The number of aliphatic hydroxyl groups excluding tert-OH is 1. The Bertz CT molecular complexity index is 371. The van der Waals surface area contributed by atoms with Gasteiger partial charge in [0, 0.05) is 19.3 Å². The van der Waals surface area contributed by atoms with Gasteiger partial charge in [-0.3, -0.25) is 0 Å². The van der Waals surface area contributed by atoms with Gasteiger partial charge in [0.05, 0.1) is 18.8 Å². The van der Waals surface area contributed by atoms with Crippen molar-refractivity contribution < 1.29 is 9.84 Å². The van der Waals surface area contributed by atoms with Crippen LogP contribution in [0.15, 0.2) is 18.3 Å². The topological polar surface area (TPSA) is 45.6 Å². The highest BCUT2D eigenvalue weighted by atomic mass is 16.5. The molecule has 1 N–H and O–H groups in total. The lowest BCUT2D eigenvalue weighted by atomic mass is 10.2. The number of hydrogen-bond donors (Lipinski definition) is 1. The van der Waals surface area contributed by atoms with Gasteiger partial charge in [0.15, 0.2) is 0 Å². The van der Waals surface area contributed by atoms with E-state index in [0.29, 0.717) is 12.2 Å². The minimum Gasteiger partial charge on any atom is -0.392 e. The lowest BCUT2D eigenvalue weighted by molar-refractivity contribution is 0.0302. The van der Waals surface area contributed by atoms with Crippen LogP contribution in [-0.2, 0) is 11.3 Å². The highest BCUT2D eigenvalue weighted by Crippen LogP contribution is 2.28. The van der Waals surface area contributed by atoms with E-state index in [-0.39, 0.29) is 6.61 Å². The van der Waals surface area contributed by atoms with Gasteiger partial charge in [-0.25, -0.2) is 4.98 Å². The first-order chi connectivity index (χ1) is 7.85. The minimum absolute atomic E-state index is 0.0761. The molecule has 0 spiro atoms.